The molecule has 6 heteroatoms. The van der Waals surface area contributed by atoms with Crippen molar-refractivity contribution in [3.05, 3.63) is 95.1 Å². The van der Waals surface area contributed by atoms with Crippen molar-refractivity contribution in [2.24, 2.45) is 0 Å². The van der Waals surface area contributed by atoms with Crippen LogP contribution in [0.4, 0.5) is 11.4 Å². The molecule has 1 aliphatic heterocycles. The number of nitrogens with zero attached hydrogens (tertiary/aromatic N) is 1. The van der Waals surface area contributed by atoms with Crippen LogP contribution in [0.5, 0.6) is 0 Å². The summed E-state index contributed by atoms with van der Waals surface area (Å²) in [5, 5.41) is 22.0. The molecule has 5 N–H and O–H groups in total. The largest absolute Gasteiger partial charge is 0.398 e. The van der Waals surface area contributed by atoms with Crippen molar-refractivity contribution in [2.75, 3.05) is 10.6 Å². The lowest BCUT2D eigenvalue weighted by molar-refractivity contribution is 0.0950. The highest BCUT2D eigenvalue weighted by atomic mass is 16.3. The number of benzene rings is 3. The molecule has 3 aromatic carbocycles. The number of hydrogen-bond acceptors (Lipinski definition) is 5. The minimum Gasteiger partial charge on any atom is -0.398 e. The Morgan fingerprint density at radius 2 is 1.67 bits per heavy atom. The molecule has 39 heavy (non-hydrogen) atoms. The maximum atomic E-state index is 12.8. The van der Waals surface area contributed by atoms with Crippen LogP contribution in [0.2, 0.25) is 0 Å². The minimum atomic E-state index is -0.250. The molecule has 3 unspecified atom stereocenters. The number of nitrogens with two attached hydrogens (primary N) is 1. The van der Waals surface area contributed by atoms with E-state index in [1.54, 1.807) is 18.2 Å². The van der Waals surface area contributed by atoms with E-state index in [1.807, 2.05) is 54.6 Å². The van der Waals surface area contributed by atoms with Crippen LogP contribution in [-0.2, 0) is 6.54 Å². The van der Waals surface area contributed by atoms with Crippen molar-refractivity contribution >= 4 is 23.0 Å². The molecule has 0 radical (unpaired) electrons. The summed E-state index contributed by atoms with van der Waals surface area (Å²) in [6, 6.07) is 23.4. The molecule has 1 saturated carbocycles. The van der Waals surface area contributed by atoms with E-state index in [0.29, 0.717) is 29.4 Å². The van der Waals surface area contributed by atoms with Gasteiger partial charge in [0.25, 0.3) is 5.91 Å². The molecular weight excluding hydrogens is 484 g/mol. The number of amides is 1. The highest BCUT2D eigenvalue weighted by molar-refractivity contribution is 6.15. The Balaban J connectivity index is 0.00000110. The summed E-state index contributed by atoms with van der Waals surface area (Å²) in [4.78, 5) is 15.2. The molecule has 2 aliphatic rings. The van der Waals surface area contributed by atoms with E-state index in [-0.39, 0.29) is 23.8 Å². The van der Waals surface area contributed by atoms with Crippen LogP contribution in [-0.4, -0.2) is 34.9 Å². The van der Waals surface area contributed by atoms with E-state index in [1.165, 1.54) is 19.3 Å². The van der Waals surface area contributed by atoms with Crippen molar-refractivity contribution in [3.63, 3.8) is 0 Å². The van der Waals surface area contributed by atoms with Gasteiger partial charge in [-0.1, -0.05) is 75.1 Å². The van der Waals surface area contributed by atoms with Crippen molar-refractivity contribution < 1.29 is 9.90 Å². The molecule has 0 bridgehead atoms. The van der Waals surface area contributed by atoms with Crippen LogP contribution in [0.25, 0.3) is 0 Å². The van der Waals surface area contributed by atoms with E-state index < -0.39 is 0 Å². The summed E-state index contributed by atoms with van der Waals surface area (Å²) in [6.45, 7) is 4.77. The Kier molecular flexibility index (Phi) is 9.77. The number of nitrogen functional groups attached to an aromatic ring is 1. The maximum absolute atomic E-state index is 12.8. The Morgan fingerprint density at radius 3 is 2.31 bits per heavy atom. The molecule has 206 valence electrons. The fourth-order valence-corrected chi connectivity index (χ4v) is 5.20. The highest BCUT2D eigenvalue weighted by Gasteiger charge is 2.32. The second-order valence-corrected chi connectivity index (χ2v) is 10.8. The van der Waals surface area contributed by atoms with Crippen molar-refractivity contribution in [1.82, 2.24) is 5.32 Å². The van der Waals surface area contributed by atoms with Gasteiger partial charge in [0.2, 0.25) is 0 Å². The fraction of sp³-hybridized carbons (Fsp3) is 0.394. The third-order valence-electron chi connectivity index (χ3n) is 7.34. The first kappa shape index (κ1) is 28.4. The van der Waals surface area contributed by atoms with Crippen molar-refractivity contribution in [2.45, 2.75) is 83.5 Å². The molecule has 1 aliphatic carbocycles. The lowest BCUT2D eigenvalue weighted by Gasteiger charge is -2.44. The molecule has 5 rings (SSSR count). The molecule has 0 aromatic heterocycles. The maximum Gasteiger partial charge on any atom is 0.251 e. The number of piperidine rings is 1. The van der Waals surface area contributed by atoms with Crippen LogP contribution < -0.4 is 16.0 Å². The van der Waals surface area contributed by atoms with Gasteiger partial charge in [0.1, 0.15) is 0 Å². The minimum absolute atomic E-state index is 0.202. The predicted octanol–water partition coefficient (Wildman–Crippen LogP) is 6.30. The van der Waals surface area contributed by atoms with Gasteiger partial charge in [-0.25, -0.2) is 0 Å². The Hall–Kier alpha value is -3.64. The topological polar surface area (TPSA) is 102 Å². The number of aliphatic hydroxyl groups excluding tert-OH is 1. The van der Waals surface area contributed by atoms with E-state index in [4.69, 9.17) is 11.1 Å². The summed E-state index contributed by atoms with van der Waals surface area (Å²) in [7, 11) is 0. The van der Waals surface area contributed by atoms with Gasteiger partial charge in [0.05, 0.1) is 11.8 Å². The molecule has 1 heterocycles. The lowest BCUT2D eigenvalue weighted by Crippen LogP contribution is -2.49. The average molecular weight is 527 g/mol. The normalized spacial score (nSPS) is 20.0. The number of anilines is 2. The summed E-state index contributed by atoms with van der Waals surface area (Å²) < 4.78 is 0. The van der Waals surface area contributed by atoms with E-state index in [9.17, 15) is 9.90 Å². The SMILES string of the molecule is C1CC1.CCCC1CC(O)CC(C)N1c1ccc(C(=N)c2cc(C(=O)NCc3ccccc3)ccc2N)cc1. The number of rotatable bonds is 8. The summed E-state index contributed by atoms with van der Waals surface area (Å²) in [6.07, 6.45) is 7.89. The highest BCUT2D eigenvalue weighted by Crippen LogP contribution is 2.32. The molecule has 3 atom stereocenters. The first-order valence-electron chi connectivity index (χ1n) is 14.2. The van der Waals surface area contributed by atoms with Gasteiger partial charge in [-0.15, -0.1) is 0 Å². The molecular formula is C33H42N4O2. The summed E-state index contributed by atoms with van der Waals surface area (Å²) in [5.74, 6) is -0.202. The van der Waals surface area contributed by atoms with E-state index >= 15 is 0 Å². The Labute approximate surface area is 232 Å². The van der Waals surface area contributed by atoms with Gasteiger partial charge in [-0.05, 0) is 62.1 Å². The van der Waals surface area contributed by atoms with E-state index in [0.717, 1.165) is 42.5 Å². The second kappa shape index (κ2) is 13.4. The molecule has 3 aromatic rings. The number of carbonyl (C=O) groups excluding carboxylic acids is 1. The Bertz CT molecular complexity index is 1240. The van der Waals surface area contributed by atoms with Crippen LogP contribution in [0.15, 0.2) is 72.8 Å². The van der Waals surface area contributed by atoms with Crippen LogP contribution in [0, 0.1) is 5.41 Å². The quantitative estimate of drug-likeness (QED) is 0.204. The van der Waals surface area contributed by atoms with Gasteiger partial charge in [-0.2, -0.15) is 0 Å². The monoisotopic (exact) mass is 526 g/mol. The zero-order chi connectivity index (χ0) is 27.8. The zero-order valence-electron chi connectivity index (χ0n) is 23.2. The number of aliphatic hydroxyl groups is 1. The number of hydrogen-bond donors (Lipinski definition) is 4. The van der Waals surface area contributed by atoms with Gasteiger partial charge < -0.3 is 21.1 Å². The predicted molar refractivity (Wildman–Crippen MR) is 161 cm³/mol. The Morgan fingerprint density at radius 1 is 1.00 bits per heavy atom. The molecule has 6 nitrogen and oxygen atoms in total. The van der Waals surface area contributed by atoms with Crippen LogP contribution in [0.3, 0.4) is 0 Å². The van der Waals surface area contributed by atoms with Crippen LogP contribution in [0.1, 0.15) is 85.8 Å². The van der Waals surface area contributed by atoms with E-state index in [2.05, 4.69) is 24.1 Å². The standard InChI is InChI=1S/C30H36N4O2.C3H6/c1-3-7-25-18-26(35)16-20(2)34(25)24-13-10-22(11-14-24)29(32)27-17-23(12-15-28(27)31)30(36)33-19-21-8-5-4-6-9-21;1-2-3-1/h4-6,8-15,17,20,25-26,32,35H,3,7,16,18-19,31H2,1-2H3,(H,33,36);1-3H2. The van der Waals surface area contributed by atoms with Gasteiger partial charge in [0, 0.05) is 46.7 Å². The smallest absolute Gasteiger partial charge is 0.251 e. The molecule has 2 fully saturated rings. The zero-order valence-corrected chi connectivity index (χ0v) is 23.2. The fourth-order valence-electron chi connectivity index (χ4n) is 5.20. The van der Waals surface area contributed by atoms with Crippen molar-refractivity contribution in [3.8, 4) is 0 Å². The van der Waals surface area contributed by atoms with Crippen LogP contribution >= 0.6 is 0 Å². The lowest BCUT2D eigenvalue weighted by atomic mass is 9.90. The van der Waals surface area contributed by atoms with Crippen molar-refractivity contribution in [1.29, 1.82) is 5.41 Å². The van der Waals surface area contributed by atoms with Gasteiger partial charge >= 0.3 is 0 Å². The summed E-state index contributed by atoms with van der Waals surface area (Å²) >= 11 is 0. The molecule has 1 amide bonds. The van der Waals surface area contributed by atoms with Gasteiger partial charge in [-0.3, -0.25) is 10.2 Å². The first-order valence-corrected chi connectivity index (χ1v) is 14.2. The molecule has 0 spiro atoms. The second-order valence-electron chi connectivity index (χ2n) is 10.8. The number of nitrogens with one attached hydrogen (secondary N) is 2. The first-order chi connectivity index (χ1) is 18.9. The van der Waals surface area contributed by atoms with Gasteiger partial charge in [0.15, 0.2) is 0 Å². The number of carbonyl (C=O) groups is 1. The average Bonchev–Trinajstić information content (AvgIpc) is 3.82. The third kappa shape index (κ3) is 7.70. The summed E-state index contributed by atoms with van der Waals surface area (Å²) in [5.41, 5.74) is 10.8. The third-order valence-corrected chi connectivity index (χ3v) is 7.34. The molecule has 1 saturated heterocycles.